The topological polar surface area (TPSA) is 86.7 Å². The normalized spacial score (nSPS) is 21.1. The smallest absolute Gasteiger partial charge is 0.410 e. The first-order chi connectivity index (χ1) is 17.1. The van der Waals surface area contributed by atoms with Crippen LogP contribution in [-0.2, 0) is 4.74 Å². The molecule has 8 nitrogen and oxygen atoms in total. The Balaban J connectivity index is 1.29. The lowest BCUT2D eigenvalue weighted by atomic mass is 10.0. The molecule has 190 valence electrons. The highest BCUT2D eigenvalue weighted by Gasteiger charge is 2.45. The largest absolute Gasteiger partial charge is 0.474 e. The van der Waals surface area contributed by atoms with Gasteiger partial charge in [0.25, 0.3) is 0 Å². The van der Waals surface area contributed by atoms with Gasteiger partial charge in [-0.25, -0.2) is 14.8 Å². The molecule has 0 radical (unpaired) electrons. The molecule has 2 bridgehead atoms. The first-order valence-corrected chi connectivity index (χ1v) is 13.1. The maximum Gasteiger partial charge on any atom is 0.410 e. The van der Waals surface area contributed by atoms with E-state index in [1.807, 2.05) is 30.9 Å². The fraction of sp³-hybridized carbons (Fsp3) is 0.630. The highest BCUT2D eigenvalue weighted by Crippen LogP contribution is 2.38. The zero-order valence-electron chi connectivity index (χ0n) is 21.2. The maximum absolute atomic E-state index is 12.8. The number of hydrogen-bond acceptors (Lipinski definition) is 7. The molecule has 35 heavy (non-hydrogen) atoms. The number of unbranched alkanes of at least 4 members (excludes halogenated alkanes) is 5. The van der Waals surface area contributed by atoms with E-state index in [0.29, 0.717) is 24.1 Å². The number of nitrogens with zero attached hydrogens (tertiary/aromatic N) is 4. The Kier molecular flexibility index (Phi) is 8.77. The minimum absolute atomic E-state index is 0.00306. The average Bonchev–Trinajstić information content (AvgIpc) is 3.12. The molecule has 0 N–H and O–H groups in total. The summed E-state index contributed by atoms with van der Waals surface area (Å²) in [5, 5.41) is 0. The third kappa shape index (κ3) is 6.41. The van der Waals surface area contributed by atoms with Gasteiger partial charge in [-0.15, -0.1) is 0 Å². The van der Waals surface area contributed by atoms with Crippen LogP contribution in [0.5, 0.6) is 17.5 Å². The number of hydrogen-bond donors (Lipinski definition) is 0. The highest BCUT2D eigenvalue weighted by molar-refractivity contribution is 5.69. The number of carbonyl (C=O) groups excluding carboxylic acids is 1. The molecule has 4 heterocycles. The zero-order valence-corrected chi connectivity index (χ0v) is 21.2. The molecule has 2 aromatic heterocycles. The standard InChI is InChI=1S/C27H38N4O4/c1-4-5-6-7-8-9-15-33-27(32)31-21-12-13-22(31)17-23(16-21)34-25-19(2)26(30-18-29-25)35-24-11-10-14-28-20(24)3/h10-11,14,18,21-23H,4-9,12-13,15-17H2,1-3H3. The van der Waals surface area contributed by atoms with Crippen LogP contribution in [0.1, 0.15) is 82.4 Å². The molecule has 4 rings (SSSR count). The van der Waals surface area contributed by atoms with Crippen molar-refractivity contribution in [2.75, 3.05) is 6.61 Å². The van der Waals surface area contributed by atoms with Gasteiger partial charge in [0.15, 0.2) is 5.75 Å². The van der Waals surface area contributed by atoms with Crippen molar-refractivity contribution in [1.29, 1.82) is 0 Å². The second-order valence-electron chi connectivity index (χ2n) is 9.68. The van der Waals surface area contributed by atoms with Gasteiger partial charge in [0.05, 0.1) is 17.9 Å². The summed E-state index contributed by atoms with van der Waals surface area (Å²) in [6.07, 6.45) is 13.7. The van der Waals surface area contributed by atoms with Crippen molar-refractivity contribution in [3.05, 3.63) is 35.9 Å². The number of aromatic nitrogens is 3. The van der Waals surface area contributed by atoms with Crippen LogP contribution in [0.2, 0.25) is 0 Å². The molecule has 1 amide bonds. The summed E-state index contributed by atoms with van der Waals surface area (Å²) < 4.78 is 17.9. The SMILES string of the molecule is CCCCCCCCOC(=O)N1C2CCC1CC(Oc1ncnc(Oc3cccnc3C)c1C)C2. The molecule has 0 spiro atoms. The van der Waals surface area contributed by atoms with E-state index in [1.165, 1.54) is 32.0 Å². The Labute approximate surface area is 208 Å². The molecule has 2 aliphatic heterocycles. The number of fused-ring (bicyclic) bond motifs is 2. The van der Waals surface area contributed by atoms with Crippen molar-refractivity contribution in [2.24, 2.45) is 0 Å². The first kappa shape index (κ1) is 25.2. The van der Waals surface area contributed by atoms with Gasteiger partial charge >= 0.3 is 6.09 Å². The lowest BCUT2D eigenvalue weighted by Crippen LogP contribution is -2.49. The van der Waals surface area contributed by atoms with Gasteiger partial charge in [-0.2, -0.15) is 0 Å². The van der Waals surface area contributed by atoms with E-state index in [2.05, 4.69) is 21.9 Å². The van der Waals surface area contributed by atoms with Crippen molar-refractivity contribution >= 4 is 6.09 Å². The van der Waals surface area contributed by atoms with E-state index >= 15 is 0 Å². The second-order valence-corrected chi connectivity index (χ2v) is 9.68. The third-order valence-electron chi connectivity index (χ3n) is 7.06. The Hall–Kier alpha value is -2.90. The molecular formula is C27H38N4O4. The van der Waals surface area contributed by atoms with Gasteiger partial charge in [0, 0.05) is 31.1 Å². The summed E-state index contributed by atoms with van der Waals surface area (Å²) in [7, 11) is 0. The predicted molar refractivity (Wildman–Crippen MR) is 133 cm³/mol. The van der Waals surface area contributed by atoms with Gasteiger partial charge in [-0.1, -0.05) is 39.0 Å². The molecule has 2 unspecified atom stereocenters. The molecule has 2 aliphatic rings. The van der Waals surface area contributed by atoms with Crippen LogP contribution in [-0.4, -0.2) is 50.7 Å². The van der Waals surface area contributed by atoms with Crippen molar-refractivity contribution in [2.45, 2.75) is 103 Å². The monoisotopic (exact) mass is 482 g/mol. The summed E-state index contributed by atoms with van der Waals surface area (Å²) in [6, 6.07) is 4.01. The first-order valence-electron chi connectivity index (χ1n) is 13.1. The average molecular weight is 483 g/mol. The molecule has 2 fully saturated rings. The van der Waals surface area contributed by atoms with Gasteiger partial charge < -0.3 is 19.1 Å². The maximum atomic E-state index is 12.8. The van der Waals surface area contributed by atoms with E-state index in [-0.39, 0.29) is 24.3 Å². The summed E-state index contributed by atoms with van der Waals surface area (Å²) in [5.41, 5.74) is 1.55. The van der Waals surface area contributed by atoms with Crippen LogP contribution in [0.4, 0.5) is 4.79 Å². The summed E-state index contributed by atoms with van der Waals surface area (Å²) in [5.74, 6) is 1.65. The van der Waals surface area contributed by atoms with E-state index in [0.717, 1.165) is 49.8 Å². The minimum atomic E-state index is -0.162. The van der Waals surface area contributed by atoms with E-state index in [1.54, 1.807) is 6.20 Å². The van der Waals surface area contributed by atoms with Crippen LogP contribution < -0.4 is 9.47 Å². The number of pyridine rings is 1. The zero-order chi connectivity index (χ0) is 24.6. The predicted octanol–water partition coefficient (Wildman–Crippen LogP) is 6.15. The highest BCUT2D eigenvalue weighted by atomic mass is 16.6. The van der Waals surface area contributed by atoms with Crippen LogP contribution >= 0.6 is 0 Å². The molecule has 2 saturated heterocycles. The van der Waals surface area contributed by atoms with Gasteiger partial charge in [0.1, 0.15) is 12.4 Å². The number of carbonyl (C=O) groups is 1. The van der Waals surface area contributed by atoms with Crippen molar-refractivity contribution in [3.63, 3.8) is 0 Å². The number of amides is 1. The van der Waals surface area contributed by atoms with Gasteiger partial charge in [-0.3, -0.25) is 4.98 Å². The van der Waals surface area contributed by atoms with Crippen molar-refractivity contribution in [3.8, 4) is 17.5 Å². The molecule has 2 aromatic rings. The Bertz CT molecular complexity index is 971. The molecule has 8 heteroatoms. The van der Waals surface area contributed by atoms with E-state index < -0.39 is 0 Å². The minimum Gasteiger partial charge on any atom is -0.474 e. The summed E-state index contributed by atoms with van der Waals surface area (Å²) in [6.45, 7) is 6.53. The lowest BCUT2D eigenvalue weighted by Gasteiger charge is -2.38. The number of aryl methyl sites for hydroxylation is 1. The number of rotatable bonds is 11. The summed E-state index contributed by atoms with van der Waals surface area (Å²) >= 11 is 0. The number of piperidine rings is 1. The second kappa shape index (κ2) is 12.2. The van der Waals surface area contributed by atoms with Crippen LogP contribution in [0, 0.1) is 13.8 Å². The van der Waals surface area contributed by atoms with Gasteiger partial charge in [0.2, 0.25) is 11.8 Å². The lowest BCUT2D eigenvalue weighted by molar-refractivity contribution is 0.0311. The quantitative estimate of drug-likeness (QED) is 0.355. The Morgan fingerprint density at radius 3 is 2.46 bits per heavy atom. The fourth-order valence-electron chi connectivity index (χ4n) is 5.12. The Morgan fingerprint density at radius 1 is 1.00 bits per heavy atom. The Morgan fingerprint density at radius 2 is 1.71 bits per heavy atom. The van der Waals surface area contributed by atoms with Gasteiger partial charge in [-0.05, 0) is 45.2 Å². The van der Waals surface area contributed by atoms with Crippen molar-refractivity contribution < 1.29 is 19.0 Å². The molecule has 2 atom stereocenters. The molecule has 0 saturated carbocycles. The fourth-order valence-corrected chi connectivity index (χ4v) is 5.12. The summed E-state index contributed by atoms with van der Waals surface area (Å²) in [4.78, 5) is 27.7. The molecule has 0 aromatic carbocycles. The van der Waals surface area contributed by atoms with Crippen LogP contribution in [0.25, 0.3) is 0 Å². The van der Waals surface area contributed by atoms with Crippen LogP contribution in [0.15, 0.2) is 24.7 Å². The number of ether oxygens (including phenoxy) is 3. The molecular weight excluding hydrogens is 444 g/mol. The van der Waals surface area contributed by atoms with Crippen LogP contribution in [0.3, 0.4) is 0 Å². The third-order valence-corrected chi connectivity index (χ3v) is 7.06. The molecule has 0 aliphatic carbocycles. The van der Waals surface area contributed by atoms with Crippen molar-refractivity contribution in [1.82, 2.24) is 19.9 Å². The van der Waals surface area contributed by atoms with E-state index in [9.17, 15) is 4.79 Å². The van der Waals surface area contributed by atoms with E-state index in [4.69, 9.17) is 14.2 Å².